The van der Waals surface area contributed by atoms with Gasteiger partial charge in [-0.2, -0.15) is 0 Å². The van der Waals surface area contributed by atoms with Gasteiger partial charge in [0.2, 0.25) is 5.52 Å². The molecule has 0 amide bonds. The molecule has 3 aromatic rings. The molecule has 1 aliphatic rings. The highest BCUT2D eigenvalue weighted by Gasteiger charge is 2.22. The first-order valence-corrected chi connectivity index (χ1v) is 9.04. The second kappa shape index (κ2) is 5.69. The van der Waals surface area contributed by atoms with E-state index in [1.165, 1.54) is 32.1 Å². The quantitative estimate of drug-likeness (QED) is 0.547. The van der Waals surface area contributed by atoms with Crippen LogP contribution < -0.4 is 9.47 Å². The van der Waals surface area contributed by atoms with Crippen LogP contribution >= 0.6 is 27.7 Å². The normalized spacial score (nSPS) is 15.4. The Hall–Kier alpha value is -1.78. The monoisotopic (exact) mass is 383 g/mol. The molecule has 4 rings (SSSR count). The minimum Gasteiger partial charge on any atom is -0.338 e. The lowest BCUT2D eigenvalue weighted by Gasteiger charge is -2.14. The van der Waals surface area contributed by atoms with Gasteiger partial charge in [0.25, 0.3) is 0 Å². The summed E-state index contributed by atoms with van der Waals surface area (Å²) in [6.45, 7) is 0. The highest BCUT2D eigenvalue weighted by Crippen LogP contribution is 2.46. The van der Waals surface area contributed by atoms with Gasteiger partial charge >= 0.3 is 0 Å². The highest BCUT2D eigenvalue weighted by molar-refractivity contribution is 9.10. The summed E-state index contributed by atoms with van der Waals surface area (Å²) in [6, 6.07) is 17.2. The molecule has 114 valence electrons. The molecule has 4 heteroatoms. The van der Waals surface area contributed by atoms with Crippen LogP contribution in [0.4, 0.5) is 5.69 Å². The Bertz CT molecular complexity index is 949. The number of rotatable bonds is 1. The van der Waals surface area contributed by atoms with E-state index in [1.54, 1.807) is 0 Å². The van der Waals surface area contributed by atoms with Crippen molar-refractivity contribution >= 4 is 50.4 Å². The number of benzene rings is 2. The third-order valence-corrected chi connectivity index (χ3v) is 5.84. The first kappa shape index (κ1) is 14.8. The predicted molar refractivity (Wildman–Crippen MR) is 102 cm³/mol. The molecule has 2 heterocycles. The number of fused-ring (bicyclic) bond motifs is 2. The van der Waals surface area contributed by atoms with E-state index in [0.29, 0.717) is 0 Å². The summed E-state index contributed by atoms with van der Waals surface area (Å²) in [6.07, 6.45) is 4.40. The maximum Gasteiger partial charge on any atom is 0.212 e. The molecular weight excluding hydrogens is 368 g/mol. The number of thioether (sulfide) groups is 1. The second-order valence-corrected chi connectivity index (χ2v) is 7.63. The van der Waals surface area contributed by atoms with Gasteiger partial charge in [0.15, 0.2) is 6.20 Å². The average Bonchev–Trinajstić information content (AvgIpc) is 2.86. The van der Waals surface area contributed by atoms with Crippen LogP contribution in [0, 0.1) is 0 Å². The number of hydrogen-bond acceptors (Lipinski definition) is 2. The van der Waals surface area contributed by atoms with Gasteiger partial charge in [-0.3, -0.25) is 0 Å². The van der Waals surface area contributed by atoms with Gasteiger partial charge in [0.05, 0.1) is 16.1 Å². The molecule has 0 atom stereocenters. The van der Waals surface area contributed by atoms with Crippen LogP contribution in [-0.2, 0) is 7.05 Å². The van der Waals surface area contributed by atoms with Gasteiger partial charge in [-0.1, -0.05) is 39.8 Å². The lowest BCUT2D eigenvalue weighted by molar-refractivity contribution is -0.644. The zero-order valence-electron chi connectivity index (χ0n) is 13.0. The summed E-state index contributed by atoms with van der Waals surface area (Å²) in [5, 5.41) is 2.52. The van der Waals surface area contributed by atoms with Crippen LogP contribution in [0.1, 0.15) is 5.56 Å². The van der Waals surface area contributed by atoms with Crippen molar-refractivity contribution in [2.75, 3.05) is 11.9 Å². The van der Waals surface area contributed by atoms with Crippen molar-refractivity contribution in [3.63, 3.8) is 0 Å². The second-order valence-electron chi connectivity index (χ2n) is 5.65. The molecular formula is C19H16BrN2S+. The van der Waals surface area contributed by atoms with E-state index in [4.69, 9.17) is 0 Å². The molecule has 0 bridgehead atoms. The number of halogens is 1. The van der Waals surface area contributed by atoms with Crippen LogP contribution in [0.3, 0.4) is 0 Å². The van der Waals surface area contributed by atoms with Crippen molar-refractivity contribution in [1.82, 2.24) is 0 Å². The van der Waals surface area contributed by atoms with Crippen molar-refractivity contribution in [2.24, 2.45) is 7.05 Å². The van der Waals surface area contributed by atoms with Crippen LogP contribution in [0.25, 0.3) is 17.0 Å². The Morgan fingerprint density at radius 2 is 1.96 bits per heavy atom. The largest absolute Gasteiger partial charge is 0.338 e. The number of anilines is 1. The first-order valence-electron chi connectivity index (χ1n) is 7.44. The Balaban J connectivity index is 1.82. The molecule has 0 unspecified atom stereocenters. The van der Waals surface area contributed by atoms with E-state index in [2.05, 4.69) is 100 Å². The molecule has 0 saturated carbocycles. The van der Waals surface area contributed by atoms with E-state index in [0.717, 1.165) is 4.47 Å². The number of nitrogens with zero attached hydrogens (tertiary/aromatic N) is 2. The molecule has 23 heavy (non-hydrogen) atoms. The molecule has 0 fully saturated rings. The summed E-state index contributed by atoms with van der Waals surface area (Å²) < 4.78 is 3.27. The molecule has 1 aromatic heterocycles. The van der Waals surface area contributed by atoms with Crippen LogP contribution in [-0.4, -0.2) is 7.05 Å². The van der Waals surface area contributed by atoms with Gasteiger partial charge < -0.3 is 4.90 Å². The predicted octanol–water partition coefficient (Wildman–Crippen LogP) is 4.97. The van der Waals surface area contributed by atoms with E-state index in [-0.39, 0.29) is 0 Å². The van der Waals surface area contributed by atoms with Crippen molar-refractivity contribution in [3.05, 3.63) is 69.8 Å². The van der Waals surface area contributed by atoms with E-state index >= 15 is 0 Å². The molecule has 0 N–H and O–H groups in total. The SMILES string of the molecule is CN1/C(=C/c2cc[n+](C)c3ccccc23)Sc2ccc(Br)cc21. The fourth-order valence-electron chi connectivity index (χ4n) is 2.91. The van der Waals surface area contributed by atoms with Gasteiger partial charge in [0.1, 0.15) is 7.05 Å². The topological polar surface area (TPSA) is 7.12 Å². The van der Waals surface area contributed by atoms with E-state index in [1.807, 2.05) is 11.8 Å². The zero-order valence-corrected chi connectivity index (χ0v) is 15.4. The number of pyridine rings is 1. The summed E-state index contributed by atoms with van der Waals surface area (Å²) in [5.41, 5.74) is 3.74. The van der Waals surface area contributed by atoms with Gasteiger partial charge in [-0.05, 0) is 35.9 Å². The maximum atomic E-state index is 3.56. The third-order valence-electron chi connectivity index (χ3n) is 4.18. The lowest BCUT2D eigenvalue weighted by atomic mass is 10.1. The van der Waals surface area contributed by atoms with Crippen LogP contribution in [0.5, 0.6) is 0 Å². The van der Waals surface area contributed by atoms with Gasteiger partial charge in [0, 0.05) is 28.5 Å². The number of hydrogen-bond donors (Lipinski definition) is 0. The number of aromatic nitrogens is 1. The van der Waals surface area contributed by atoms with Crippen molar-refractivity contribution < 1.29 is 4.57 Å². The molecule has 0 saturated heterocycles. The van der Waals surface area contributed by atoms with Crippen LogP contribution in [0.2, 0.25) is 0 Å². The molecule has 0 aliphatic carbocycles. The fourth-order valence-corrected chi connectivity index (χ4v) is 4.34. The van der Waals surface area contributed by atoms with Crippen LogP contribution in [0.15, 0.2) is 69.1 Å². The maximum absolute atomic E-state index is 3.56. The molecule has 2 aromatic carbocycles. The van der Waals surface area contributed by atoms with Gasteiger partial charge in [-0.25, -0.2) is 4.57 Å². The van der Waals surface area contributed by atoms with Crippen molar-refractivity contribution in [2.45, 2.75) is 4.90 Å². The molecule has 2 nitrogen and oxygen atoms in total. The number of aryl methyl sites for hydroxylation is 1. The third kappa shape index (κ3) is 2.56. The highest BCUT2D eigenvalue weighted by atomic mass is 79.9. The molecule has 1 aliphatic heterocycles. The first-order chi connectivity index (χ1) is 11.1. The van der Waals surface area contributed by atoms with Crippen molar-refractivity contribution in [1.29, 1.82) is 0 Å². The fraction of sp³-hybridized carbons (Fsp3) is 0.105. The Morgan fingerprint density at radius 1 is 1.13 bits per heavy atom. The Labute approximate surface area is 148 Å². The molecule has 0 radical (unpaired) electrons. The summed E-state index contributed by atoms with van der Waals surface area (Å²) in [7, 11) is 4.21. The Morgan fingerprint density at radius 3 is 2.83 bits per heavy atom. The smallest absolute Gasteiger partial charge is 0.212 e. The summed E-state index contributed by atoms with van der Waals surface area (Å²) in [4.78, 5) is 3.56. The molecule has 0 spiro atoms. The lowest BCUT2D eigenvalue weighted by Crippen LogP contribution is -2.28. The van der Waals surface area contributed by atoms with Gasteiger partial charge in [-0.15, -0.1) is 0 Å². The minimum atomic E-state index is 1.11. The standard InChI is InChI=1S/C19H16BrN2S/c1-21-10-9-13(15-5-3-4-6-16(15)21)11-19-22(2)17-12-14(20)7-8-18(17)23-19/h3-12H,1-2H3/q+1. The average molecular weight is 384 g/mol. The van der Waals surface area contributed by atoms with Crippen molar-refractivity contribution in [3.8, 4) is 0 Å². The Kier molecular flexibility index (Phi) is 3.66. The number of para-hydroxylation sites is 1. The minimum absolute atomic E-state index is 1.11. The summed E-state index contributed by atoms with van der Waals surface area (Å²) in [5.74, 6) is 0. The van der Waals surface area contributed by atoms with E-state index in [9.17, 15) is 0 Å². The zero-order chi connectivity index (χ0) is 16.0. The summed E-state index contributed by atoms with van der Waals surface area (Å²) >= 11 is 5.38. The van der Waals surface area contributed by atoms with E-state index < -0.39 is 0 Å².